The molecule has 1 saturated heterocycles. The van der Waals surface area contributed by atoms with Gasteiger partial charge in [0.2, 0.25) is 11.9 Å². The number of halogens is 1. The van der Waals surface area contributed by atoms with E-state index in [1.54, 1.807) is 24.4 Å². The first-order valence-electron chi connectivity index (χ1n) is 11.2. The SMILES string of the molecule is OC[C@@H]1C[C@@H](n2c(Nc3ccccc3F)nc3cnc(N[C@H]4CC[C@H](O)CC4)nc32)CN1. The topological polar surface area (TPSA) is 120 Å². The van der Waals surface area contributed by atoms with Crippen LogP contribution in [0.15, 0.2) is 30.5 Å². The second-order valence-electron chi connectivity index (χ2n) is 8.64. The van der Waals surface area contributed by atoms with Gasteiger partial charge in [-0.3, -0.25) is 4.57 Å². The normalized spacial score (nSPS) is 25.8. The number of aliphatic hydroxyl groups excluding tert-OH is 2. The maximum absolute atomic E-state index is 14.3. The molecule has 0 amide bonds. The quantitative estimate of drug-likeness (QED) is 0.395. The average Bonchev–Trinajstić information content (AvgIpc) is 3.40. The van der Waals surface area contributed by atoms with Crippen LogP contribution in [-0.4, -0.2) is 61.1 Å². The number of hydrogen-bond acceptors (Lipinski definition) is 8. The highest BCUT2D eigenvalue weighted by Crippen LogP contribution is 2.31. The molecule has 0 bridgehead atoms. The minimum Gasteiger partial charge on any atom is -0.395 e. The van der Waals surface area contributed by atoms with E-state index in [1.807, 2.05) is 4.57 Å². The molecule has 1 aliphatic carbocycles. The number of benzene rings is 1. The van der Waals surface area contributed by atoms with Gasteiger partial charge in [0.25, 0.3) is 0 Å². The number of hydrogen-bond donors (Lipinski definition) is 5. The molecule has 2 atom stereocenters. The zero-order valence-electron chi connectivity index (χ0n) is 17.7. The van der Waals surface area contributed by atoms with Gasteiger partial charge in [-0.05, 0) is 44.2 Å². The Morgan fingerprint density at radius 3 is 2.72 bits per heavy atom. The van der Waals surface area contributed by atoms with Crippen molar-refractivity contribution in [2.75, 3.05) is 23.8 Å². The van der Waals surface area contributed by atoms with Crippen molar-refractivity contribution in [2.24, 2.45) is 0 Å². The predicted molar refractivity (Wildman–Crippen MR) is 119 cm³/mol. The molecule has 0 spiro atoms. The maximum atomic E-state index is 14.3. The Morgan fingerprint density at radius 2 is 1.97 bits per heavy atom. The van der Waals surface area contributed by atoms with Gasteiger partial charge in [-0.2, -0.15) is 4.98 Å². The van der Waals surface area contributed by atoms with Crippen LogP contribution in [0, 0.1) is 5.82 Å². The van der Waals surface area contributed by atoms with Crippen LogP contribution in [0.2, 0.25) is 0 Å². The summed E-state index contributed by atoms with van der Waals surface area (Å²) in [5.41, 5.74) is 1.60. The minimum absolute atomic E-state index is 0.000925. The highest BCUT2D eigenvalue weighted by molar-refractivity contribution is 5.76. The van der Waals surface area contributed by atoms with E-state index >= 15 is 0 Å². The summed E-state index contributed by atoms with van der Waals surface area (Å²) in [4.78, 5) is 13.9. The van der Waals surface area contributed by atoms with E-state index in [-0.39, 0.29) is 36.7 Å². The number of para-hydroxylation sites is 1. The number of rotatable bonds is 6. The first-order chi connectivity index (χ1) is 15.6. The molecule has 0 unspecified atom stereocenters. The second-order valence-corrected chi connectivity index (χ2v) is 8.64. The number of anilines is 3. The molecule has 170 valence electrons. The van der Waals surface area contributed by atoms with E-state index in [0.29, 0.717) is 41.7 Å². The average molecular weight is 442 g/mol. The number of nitrogens with zero attached hydrogens (tertiary/aromatic N) is 4. The van der Waals surface area contributed by atoms with Gasteiger partial charge in [0.1, 0.15) is 11.3 Å². The molecule has 2 aromatic heterocycles. The summed E-state index contributed by atoms with van der Waals surface area (Å²) in [6.45, 7) is 0.699. The van der Waals surface area contributed by atoms with Gasteiger partial charge in [-0.1, -0.05) is 12.1 Å². The number of aliphatic hydroxyl groups is 2. The minimum atomic E-state index is -0.364. The molecule has 3 aromatic rings. The Balaban J connectivity index is 1.49. The molecule has 0 radical (unpaired) electrons. The van der Waals surface area contributed by atoms with E-state index < -0.39 is 0 Å². The monoisotopic (exact) mass is 441 g/mol. The molecule has 5 N–H and O–H groups in total. The lowest BCUT2D eigenvalue weighted by Gasteiger charge is -2.26. The lowest BCUT2D eigenvalue weighted by atomic mass is 9.93. The van der Waals surface area contributed by atoms with Gasteiger partial charge in [-0.15, -0.1) is 0 Å². The van der Waals surface area contributed by atoms with E-state index in [2.05, 4.69) is 25.9 Å². The standard InChI is InChI=1S/C22H28FN7O2/c23-17-3-1-2-4-18(17)27-22-28-19-11-25-21(26-13-5-7-16(32)8-6-13)29-20(19)30(22)15-9-14(12-31)24-10-15/h1-4,11,13-16,24,31-32H,5-10,12H2,(H,27,28)(H,25,26,29)/t13-,14-,15+,16-/m0/s1. The molecule has 9 nitrogen and oxygen atoms in total. The third kappa shape index (κ3) is 4.25. The van der Waals surface area contributed by atoms with Crippen molar-refractivity contribution in [3.05, 3.63) is 36.3 Å². The van der Waals surface area contributed by atoms with Crippen LogP contribution < -0.4 is 16.0 Å². The Morgan fingerprint density at radius 1 is 1.16 bits per heavy atom. The molecule has 3 heterocycles. The summed E-state index contributed by atoms with van der Waals surface area (Å²) in [6.07, 6.45) is 5.44. The van der Waals surface area contributed by atoms with Crippen LogP contribution in [-0.2, 0) is 0 Å². The van der Waals surface area contributed by atoms with Crippen molar-refractivity contribution in [3.8, 4) is 0 Å². The molecule has 1 saturated carbocycles. The summed E-state index contributed by atoms with van der Waals surface area (Å²) in [5, 5.41) is 29.1. The Bertz CT molecular complexity index is 1080. The summed E-state index contributed by atoms with van der Waals surface area (Å²) in [7, 11) is 0. The van der Waals surface area contributed by atoms with Crippen molar-refractivity contribution in [3.63, 3.8) is 0 Å². The van der Waals surface area contributed by atoms with Crippen molar-refractivity contribution in [1.29, 1.82) is 0 Å². The maximum Gasteiger partial charge on any atom is 0.224 e. The molecule has 5 rings (SSSR count). The smallest absolute Gasteiger partial charge is 0.224 e. The summed E-state index contributed by atoms with van der Waals surface area (Å²) in [5.74, 6) is 0.640. The highest BCUT2D eigenvalue weighted by Gasteiger charge is 2.29. The van der Waals surface area contributed by atoms with E-state index in [4.69, 9.17) is 4.98 Å². The largest absolute Gasteiger partial charge is 0.395 e. The third-order valence-corrected chi connectivity index (χ3v) is 6.37. The number of fused-ring (bicyclic) bond motifs is 1. The number of imidazole rings is 1. The van der Waals surface area contributed by atoms with Crippen molar-refractivity contribution < 1.29 is 14.6 Å². The second kappa shape index (κ2) is 8.97. The predicted octanol–water partition coefficient (Wildman–Crippen LogP) is 2.32. The lowest BCUT2D eigenvalue weighted by molar-refractivity contribution is 0.126. The fourth-order valence-electron chi connectivity index (χ4n) is 4.61. The van der Waals surface area contributed by atoms with E-state index in [1.165, 1.54) is 6.07 Å². The first kappa shape index (κ1) is 21.0. The zero-order valence-corrected chi connectivity index (χ0v) is 17.7. The van der Waals surface area contributed by atoms with Gasteiger partial charge >= 0.3 is 0 Å². The number of aromatic nitrogens is 4. The van der Waals surface area contributed by atoms with Crippen LogP contribution in [0.4, 0.5) is 22.0 Å². The molecular weight excluding hydrogens is 413 g/mol. The van der Waals surface area contributed by atoms with Crippen molar-refractivity contribution >= 4 is 28.7 Å². The molecule has 10 heteroatoms. The van der Waals surface area contributed by atoms with Crippen LogP contribution >= 0.6 is 0 Å². The Hall–Kier alpha value is -2.82. The van der Waals surface area contributed by atoms with Gasteiger partial charge < -0.3 is 26.2 Å². The Kier molecular flexibility index (Phi) is 5.90. The summed E-state index contributed by atoms with van der Waals surface area (Å²) in [6, 6.07) is 6.68. The van der Waals surface area contributed by atoms with Crippen molar-refractivity contribution in [1.82, 2.24) is 24.8 Å². The summed E-state index contributed by atoms with van der Waals surface area (Å²) >= 11 is 0. The van der Waals surface area contributed by atoms with Gasteiger partial charge in [0.15, 0.2) is 5.65 Å². The molecule has 1 aliphatic heterocycles. The van der Waals surface area contributed by atoms with Crippen molar-refractivity contribution in [2.45, 2.75) is 56.3 Å². The van der Waals surface area contributed by atoms with E-state index in [0.717, 1.165) is 25.7 Å². The molecule has 2 fully saturated rings. The van der Waals surface area contributed by atoms with Gasteiger partial charge in [0, 0.05) is 18.6 Å². The van der Waals surface area contributed by atoms with Gasteiger partial charge in [-0.25, -0.2) is 14.4 Å². The zero-order chi connectivity index (χ0) is 22.1. The first-order valence-corrected chi connectivity index (χ1v) is 11.2. The summed E-state index contributed by atoms with van der Waals surface area (Å²) < 4.78 is 16.3. The van der Waals surface area contributed by atoms with Crippen LogP contribution in [0.1, 0.15) is 38.1 Å². The molecule has 1 aromatic carbocycles. The third-order valence-electron chi connectivity index (χ3n) is 6.37. The van der Waals surface area contributed by atoms with Crippen LogP contribution in [0.25, 0.3) is 11.2 Å². The van der Waals surface area contributed by atoms with E-state index in [9.17, 15) is 14.6 Å². The highest BCUT2D eigenvalue weighted by atomic mass is 19.1. The molecule has 2 aliphatic rings. The Labute approximate surface area is 185 Å². The fourth-order valence-corrected chi connectivity index (χ4v) is 4.61. The van der Waals surface area contributed by atoms with Gasteiger partial charge in [0.05, 0.1) is 30.6 Å². The lowest BCUT2D eigenvalue weighted by Crippen LogP contribution is -2.29. The number of nitrogens with one attached hydrogen (secondary N) is 3. The molecule has 32 heavy (non-hydrogen) atoms. The van der Waals surface area contributed by atoms with Crippen LogP contribution in [0.5, 0.6) is 0 Å². The fraction of sp³-hybridized carbons (Fsp3) is 0.500. The molecular formula is C22H28FN7O2. The van der Waals surface area contributed by atoms with Crippen LogP contribution in [0.3, 0.4) is 0 Å².